The Morgan fingerprint density at radius 2 is 2.12 bits per heavy atom. The number of aliphatic carboxylic acids is 1. The Hall–Kier alpha value is -2.17. The van der Waals surface area contributed by atoms with Gasteiger partial charge in [-0.3, -0.25) is 4.79 Å². The number of benzene rings is 1. The van der Waals surface area contributed by atoms with Crippen molar-refractivity contribution in [1.29, 1.82) is 0 Å². The Bertz CT molecular complexity index is 451. The molecule has 0 radical (unpaired) electrons. The van der Waals surface area contributed by atoms with E-state index in [1.807, 2.05) is 0 Å². The lowest BCUT2D eigenvalue weighted by atomic mass is 10.2. The van der Waals surface area contributed by atoms with Gasteiger partial charge >= 0.3 is 5.97 Å². The van der Waals surface area contributed by atoms with Gasteiger partial charge in [-0.25, -0.2) is 9.18 Å². The van der Waals surface area contributed by atoms with Gasteiger partial charge in [-0.2, -0.15) is 0 Å². The molecule has 0 spiro atoms. The normalized spacial score (nSPS) is 10.4. The van der Waals surface area contributed by atoms with E-state index in [2.05, 4.69) is 0 Å². The number of rotatable bonds is 4. The van der Waals surface area contributed by atoms with Crippen LogP contribution in [-0.4, -0.2) is 24.0 Å². The molecule has 0 aromatic heterocycles. The van der Waals surface area contributed by atoms with Crippen molar-refractivity contribution in [2.75, 3.05) is 7.11 Å². The topological polar surface area (TPSA) is 63.6 Å². The number of methoxy groups -OCH3 is 1. The van der Waals surface area contributed by atoms with Gasteiger partial charge in [0.1, 0.15) is 0 Å². The van der Waals surface area contributed by atoms with Crippen LogP contribution in [0.1, 0.15) is 5.56 Å². The van der Waals surface area contributed by atoms with Crippen LogP contribution in [-0.2, 0) is 9.59 Å². The fourth-order valence-corrected chi connectivity index (χ4v) is 1.03. The molecule has 0 heterocycles. The van der Waals surface area contributed by atoms with Crippen LogP contribution in [0, 0.1) is 5.82 Å². The molecule has 1 aromatic carbocycles. The molecule has 0 fully saturated rings. The Morgan fingerprint density at radius 1 is 1.44 bits per heavy atom. The second kappa shape index (κ2) is 5.06. The minimum atomic E-state index is -1.55. The molecule has 1 rings (SSSR count). The highest BCUT2D eigenvalue weighted by Crippen LogP contribution is 2.18. The average molecular weight is 224 g/mol. The van der Waals surface area contributed by atoms with E-state index in [0.717, 1.165) is 12.1 Å². The van der Waals surface area contributed by atoms with Crippen LogP contribution in [0.15, 0.2) is 24.3 Å². The first-order valence-electron chi connectivity index (χ1n) is 4.33. The van der Waals surface area contributed by atoms with E-state index in [1.54, 1.807) is 0 Å². The summed E-state index contributed by atoms with van der Waals surface area (Å²) in [5, 5.41) is 8.30. The summed E-state index contributed by atoms with van der Waals surface area (Å²) in [5.41, 5.74) is 0.382. The van der Waals surface area contributed by atoms with Gasteiger partial charge in [-0.1, -0.05) is 12.1 Å². The maximum atomic E-state index is 13.2. The highest BCUT2D eigenvalue weighted by Gasteiger charge is 2.06. The molecule has 0 atom stereocenters. The smallest absolute Gasteiger partial charge is 0.376 e. The van der Waals surface area contributed by atoms with E-state index >= 15 is 0 Å². The fourth-order valence-electron chi connectivity index (χ4n) is 1.03. The van der Waals surface area contributed by atoms with Crippen LogP contribution in [0.2, 0.25) is 0 Å². The summed E-state index contributed by atoms with van der Waals surface area (Å²) in [5.74, 6) is -3.10. The summed E-state index contributed by atoms with van der Waals surface area (Å²) >= 11 is 0. The van der Waals surface area contributed by atoms with Crippen molar-refractivity contribution in [3.8, 4) is 5.75 Å². The van der Waals surface area contributed by atoms with Crippen molar-refractivity contribution in [3.05, 3.63) is 35.7 Å². The SMILES string of the molecule is COc1ccc(/C=C/C(=O)C(=O)O)cc1F. The monoisotopic (exact) mass is 224 g/mol. The summed E-state index contributed by atoms with van der Waals surface area (Å²) in [7, 11) is 1.34. The Kier molecular flexibility index (Phi) is 3.77. The lowest BCUT2D eigenvalue weighted by Crippen LogP contribution is -2.08. The van der Waals surface area contributed by atoms with Crippen molar-refractivity contribution < 1.29 is 23.8 Å². The molecule has 16 heavy (non-hydrogen) atoms. The molecular formula is C11H9FO4. The standard InChI is InChI=1S/C11H9FO4/c1-16-10-5-3-7(6-8(10)12)2-4-9(13)11(14)15/h2-6H,1H3,(H,14,15)/b4-2+. The predicted molar refractivity (Wildman–Crippen MR) is 54.6 cm³/mol. The van der Waals surface area contributed by atoms with Gasteiger partial charge in [0, 0.05) is 0 Å². The molecule has 0 saturated heterocycles. The number of carboxylic acids is 1. The van der Waals surface area contributed by atoms with Gasteiger partial charge in [-0.15, -0.1) is 0 Å². The first kappa shape index (κ1) is 11.9. The largest absolute Gasteiger partial charge is 0.494 e. The van der Waals surface area contributed by atoms with E-state index in [-0.39, 0.29) is 5.75 Å². The maximum Gasteiger partial charge on any atom is 0.376 e. The van der Waals surface area contributed by atoms with Gasteiger partial charge in [0.2, 0.25) is 0 Å². The van der Waals surface area contributed by atoms with Crippen LogP contribution in [0.4, 0.5) is 4.39 Å². The Balaban J connectivity index is 2.87. The van der Waals surface area contributed by atoms with Crippen LogP contribution < -0.4 is 4.74 Å². The number of halogens is 1. The second-order valence-electron chi connectivity index (χ2n) is 2.90. The molecule has 0 aliphatic carbocycles. The molecule has 4 nitrogen and oxygen atoms in total. The van der Waals surface area contributed by atoms with Gasteiger partial charge in [0.25, 0.3) is 5.78 Å². The Labute approximate surface area is 91.0 Å². The zero-order chi connectivity index (χ0) is 12.1. The van der Waals surface area contributed by atoms with Gasteiger partial charge in [0.05, 0.1) is 7.11 Å². The average Bonchev–Trinajstić information content (AvgIpc) is 2.25. The fraction of sp³-hybridized carbons (Fsp3) is 0.0909. The number of carboxylic acid groups (broad SMARTS) is 1. The van der Waals surface area contributed by atoms with Crippen molar-refractivity contribution in [2.24, 2.45) is 0 Å². The molecule has 0 amide bonds. The van der Waals surface area contributed by atoms with E-state index in [1.165, 1.54) is 25.3 Å². The maximum absolute atomic E-state index is 13.2. The first-order valence-corrected chi connectivity index (χ1v) is 4.33. The minimum Gasteiger partial charge on any atom is -0.494 e. The van der Waals surface area contributed by atoms with Crippen LogP contribution >= 0.6 is 0 Å². The molecule has 0 unspecified atom stereocenters. The summed E-state index contributed by atoms with van der Waals surface area (Å²) in [6, 6.07) is 4.04. The summed E-state index contributed by atoms with van der Waals surface area (Å²) in [4.78, 5) is 20.9. The minimum absolute atomic E-state index is 0.0849. The predicted octanol–water partition coefficient (Wildman–Crippen LogP) is 1.50. The van der Waals surface area contributed by atoms with E-state index in [0.29, 0.717) is 5.56 Å². The third kappa shape index (κ3) is 2.91. The molecule has 0 aliphatic heterocycles. The Morgan fingerprint density at radius 3 is 2.62 bits per heavy atom. The van der Waals surface area contributed by atoms with Crippen molar-refractivity contribution in [2.45, 2.75) is 0 Å². The molecule has 5 heteroatoms. The summed E-state index contributed by atoms with van der Waals surface area (Å²) in [6.07, 6.45) is 2.09. The molecule has 1 aromatic rings. The summed E-state index contributed by atoms with van der Waals surface area (Å²) in [6.45, 7) is 0. The second-order valence-corrected chi connectivity index (χ2v) is 2.90. The number of ether oxygens (including phenoxy) is 1. The van der Waals surface area contributed by atoms with Crippen LogP contribution in [0.25, 0.3) is 6.08 Å². The van der Waals surface area contributed by atoms with Gasteiger partial charge in [0.15, 0.2) is 11.6 Å². The molecule has 0 aliphatic rings. The number of hydrogen-bond donors (Lipinski definition) is 1. The quantitative estimate of drug-likeness (QED) is 0.621. The lowest BCUT2D eigenvalue weighted by molar-refractivity contribution is -0.146. The molecular weight excluding hydrogens is 215 g/mol. The molecule has 0 saturated carbocycles. The van der Waals surface area contributed by atoms with E-state index in [9.17, 15) is 14.0 Å². The van der Waals surface area contributed by atoms with Gasteiger partial charge < -0.3 is 9.84 Å². The zero-order valence-electron chi connectivity index (χ0n) is 8.44. The van der Waals surface area contributed by atoms with Crippen LogP contribution in [0.3, 0.4) is 0 Å². The van der Waals surface area contributed by atoms with E-state index in [4.69, 9.17) is 9.84 Å². The van der Waals surface area contributed by atoms with Gasteiger partial charge in [-0.05, 0) is 23.8 Å². The van der Waals surface area contributed by atoms with Crippen molar-refractivity contribution in [3.63, 3.8) is 0 Å². The van der Waals surface area contributed by atoms with Crippen molar-refractivity contribution >= 4 is 17.8 Å². The lowest BCUT2D eigenvalue weighted by Gasteiger charge is -2.01. The number of carbonyl (C=O) groups is 2. The number of carbonyl (C=O) groups excluding carboxylic acids is 1. The van der Waals surface area contributed by atoms with Crippen molar-refractivity contribution in [1.82, 2.24) is 0 Å². The summed E-state index contributed by atoms with van der Waals surface area (Å²) < 4.78 is 17.9. The zero-order valence-corrected chi connectivity index (χ0v) is 8.44. The third-order valence-corrected chi connectivity index (χ3v) is 1.81. The number of hydrogen-bond acceptors (Lipinski definition) is 3. The number of ketones is 1. The first-order chi connectivity index (χ1) is 7.54. The van der Waals surface area contributed by atoms with E-state index < -0.39 is 17.6 Å². The van der Waals surface area contributed by atoms with Crippen LogP contribution in [0.5, 0.6) is 5.75 Å². The molecule has 1 N–H and O–H groups in total. The molecule has 84 valence electrons. The molecule has 0 bridgehead atoms. The highest BCUT2D eigenvalue weighted by atomic mass is 19.1. The highest BCUT2D eigenvalue weighted by molar-refractivity contribution is 6.38. The third-order valence-electron chi connectivity index (χ3n) is 1.81.